The molecule has 0 radical (unpaired) electrons. The Balaban J connectivity index is 2.57. The van der Waals surface area contributed by atoms with Crippen LogP contribution in [-0.2, 0) is 0 Å². The molecule has 0 aromatic heterocycles. The molecule has 1 rings (SSSR count). The zero-order chi connectivity index (χ0) is 12.8. The highest BCUT2D eigenvalue weighted by Gasteiger charge is 2.05. The number of anilines is 1. The molecule has 4 N–H and O–H groups in total. The minimum Gasteiger partial charge on any atom is -0.351 e. The Morgan fingerprint density at radius 3 is 2.29 bits per heavy atom. The number of hydrogen-bond donors (Lipinski definition) is 3. The van der Waals surface area contributed by atoms with Crippen LogP contribution in [0.15, 0.2) is 24.3 Å². The third-order valence-corrected chi connectivity index (χ3v) is 2.51. The number of primary amides is 1. The molecule has 1 unspecified atom stereocenters. The summed E-state index contributed by atoms with van der Waals surface area (Å²) < 4.78 is 0. The molecular formula is C13H21N3O. The van der Waals surface area contributed by atoms with Crippen LogP contribution in [0.1, 0.15) is 32.4 Å². The second-order valence-electron chi connectivity index (χ2n) is 4.64. The Bertz CT molecular complexity index is 359. The molecule has 4 nitrogen and oxygen atoms in total. The largest absolute Gasteiger partial charge is 0.351 e. The van der Waals surface area contributed by atoms with Crippen molar-refractivity contribution in [3.8, 4) is 0 Å². The van der Waals surface area contributed by atoms with Gasteiger partial charge in [0.25, 0.3) is 0 Å². The Hall–Kier alpha value is -1.55. The minimum atomic E-state index is -0.538. The van der Waals surface area contributed by atoms with Gasteiger partial charge in [0.15, 0.2) is 0 Å². The van der Waals surface area contributed by atoms with Crippen molar-refractivity contribution in [2.24, 2.45) is 11.7 Å². The van der Waals surface area contributed by atoms with Crippen LogP contribution >= 0.6 is 0 Å². The monoisotopic (exact) mass is 235 g/mol. The number of rotatable bonds is 5. The number of hydrogen-bond acceptors (Lipinski definition) is 2. The summed E-state index contributed by atoms with van der Waals surface area (Å²) in [6.45, 7) is 7.47. The highest BCUT2D eigenvalue weighted by Crippen LogP contribution is 2.16. The summed E-state index contributed by atoms with van der Waals surface area (Å²) in [4.78, 5) is 10.7. The van der Waals surface area contributed by atoms with Crippen LogP contribution in [0.2, 0.25) is 0 Å². The smallest absolute Gasteiger partial charge is 0.316 e. The normalized spacial score (nSPS) is 12.5. The van der Waals surface area contributed by atoms with Crippen LogP contribution in [0.5, 0.6) is 0 Å². The number of carbonyl (C=O) groups excluding carboxylic acids is 1. The van der Waals surface area contributed by atoms with E-state index in [4.69, 9.17) is 5.73 Å². The zero-order valence-corrected chi connectivity index (χ0v) is 10.7. The SMILES string of the molecule is CC(C)CNC(C)c1ccc(NC(N)=O)cc1. The summed E-state index contributed by atoms with van der Waals surface area (Å²) in [7, 11) is 0. The molecule has 4 heteroatoms. The van der Waals surface area contributed by atoms with Gasteiger partial charge in [-0.3, -0.25) is 0 Å². The fraction of sp³-hybridized carbons (Fsp3) is 0.462. The van der Waals surface area contributed by atoms with Crippen LogP contribution < -0.4 is 16.4 Å². The second kappa shape index (κ2) is 6.25. The van der Waals surface area contributed by atoms with Crippen molar-refractivity contribution in [3.63, 3.8) is 0 Å². The highest BCUT2D eigenvalue weighted by atomic mass is 16.2. The second-order valence-corrected chi connectivity index (χ2v) is 4.64. The molecule has 1 aromatic carbocycles. The average Bonchev–Trinajstić information content (AvgIpc) is 2.26. The number of carbonyl (C=O) groups is 1. The number of urea groups is 1. The number of benzene rings is 1. The topological polar surface area (TPSA) is 67.2 Å². The summed E-state index contributed by atoms with van der Waals surface area (Å²) in [6.07, 6.45) is 0. The Morgan fingerprint density at radius 2 is 1.82 bits per heavy atom. The summed E-state index contributed by atoms with van der Waals surface area (Å²) in [6, 6.07) is 7.46. The van der Waals surface area contributed by atoms with Gasteiger partial charge in [-0.1, -0.05) is 26.0 Å². The van der Waals surface area contributed by atoms with Crippen LogP contribution in [-0.4, -0.2) is 12.6 Å². The lowest BCUT2D eigenvalue weighted by atomic mass is 10.1. The zero-order valence-electron chi connectivity index (χ0n) is 10.7. The quantitative estimate of drug-likeness (QED) is 0.734. The maximum absolute atomic E-state index is 10.7. The van der Waals surface area contributed by atoms with Gasteiger partial charge in [-0.25, -0.2) is 4.79 Å². The Morgan fingerprint density at radius 1 is 1.24 bits per heavy atom. The van der Waals surface area contributed by atoms with E-state index in [2.05, 4.69) is 31.4 Å². The molecule has 17 heavy (non-hydrogen) atoms. The van der Waals surface area contributed by atoms with Gasteiger partial charge in [0, 0.05) is 11.7 Å². The summed E-state index contributed by atoms with van der Waals surface area (Å²) in [5.74, 6) is 0.633. The van der Waals surface area contributed by atoms with E-state index in [0.717, 1.165) is 12.2 Å². The lowest BCUT2D eigenvalue weighted by molar-refractivity contribution is 0.259. The first-order chi connectivity index (χ1) is 7.99. The van der Waals surface area contributed by atoms with E-state index in [0.29, 0.717) is 12.0 Å². The van der Waals surface area contributed by atoms with Gasteiger partial charge in [-0.05, 0) is 37.1 Å². The summed E-state index contributed by atoms with van der Waals surface area (Å²) in [5.41, 5.74) is 6.96. The van der Waals surface area contributed by atoms with Crippen molar-refractivity contribution < 1.29 is 4.79 Å². The van der Waals surface area contributed by atoms with Crippen LogP contribution in [0, 0.1) is 5.92 Å². The van der Waals surface area contributed by atoms with E-state index in [9.17, 15) is 4.79 Å². The molecule has 2 amide bonds. The molecule has 1 atom stereocenters. The molecule has 94 valence electrons. The van der Waals surface area contributed by atoms with Gasteiger partial charge >= 0.3 is 6.03 Å². The molecule has 0 aliphatic rings. The van der Waals surface area contributed by atoms with E-state index >= 15 is 0 Å². The van der Waals surface area contributed by atoms with E-state index < -0.39 is 6.03 Å². The van der Waals surface area contributed by atoms with Gasteiger partial charge in [-0.15, -0.1) is 0 Å². The van der Waals surface area contributed by atoms with Gasteiger partial charge in [-0.2, -0.15) is 0 Å². The predicted molar refractivity (Wildman–Crippen MR) is 70.9 cm³/mol. The van der Waals surface area contributed by atoms with Gasteiger partial charge < -0.3 is 16.4 Å². The average molecular weight is 235 g/mol. The van der Waals surface area contributed by atoms with Gasteiger partial charge in [0.1, 0.15) is 0 Å². The number of nitrogens with one attached hydrogen (secondary N) is 2. The maximum atomic E-state index is 10.7. The van der Waals surface area contributed by atoms with Crippen molar-refractivity contribution in [2.45, 2.75) is 26.8 Å². The molecular weight excluding hydrogens is 214 g/mol. The van der Waals surface area contributed by atoms with Crippen molar-refractivity contribution in [2.75, 3.05) is 11.9 Å². The van der Waals surface area contributed by atoms with E-state index in [1.54, 1.807) is 0 Å². The Labute approximate surface area is 103 Å². The highest BCUT2D eigenvalue weighted by molar-refractivity contribution is 5.87. The van der Waals surface area contributed by atoms with E-state index in [1.165, 1.54) is 5.56 Å². The first-order valence-electron chi connectivity index (χ1n) is 5.89. The fourth-order valence-electron chi connectivity index (χ4n) is 1.53. The predicted octanol–water partition coefficient (Wildman–Crippen LogP) is 2.48. The Kier molecular flexibility index (Phi) is 4.97. The summed E-state index contributed by atoms with van der Waals surface area (Å²) in [5, 5.41) is 5.99. The van der Waals surface area contributed by atoms with Gasteiger partial charge in [0.2, 0.25) is 0 Å². The summed E-state index contributed by atoms with van der Waals surface area (Å²) >= 11 is 0. The standard InChI is InChI=1S/C13H21N3O/c1-9(2)8-15-10(3)11-4-6-12(7-5-11)16-13(14)17/h4-7,9-10,15H,8H2,1-3H3,(H3,14,16,17). The molecule has 0 saturated heterocycles. The molecule has 0 fully saturated rings. The molecule has 0 heterocycles. The van der Waals surface area contributed by atoms with E-state index in [1.807, 2.05) is 24.3 Å². The van der Waals surface area contributed by atoms with Crippen molar-refractivity contribution >= 4 is 11.7 Å². The minimum absolute atomic E-state index is 0.306. The molecule has 0 aliphatic heterocycles. The van der Waals surface area contributed by atoms with Crippen molar-refractivity contribution in [1.82, 2.24) is 5.32 Å². The first kappa shape index (κ1) is 13.5. The number of nitrogens with two attached hydrogens (primary N) is 1. The van der Waals surface area contributed by atoms with Crippen LogP contribution in [0.25, 0.3) is 0 Å². The number of amides is 2. The molecule has 0 saturated carbocycles. The van der Waals surface area contributed by atoms with Crippen LogP contribution in [0.3, 0.4) is 0 Å². The molecule has 0 spiro atoms. The van der Waals surface area contributed by atoms with Crippen molar-refractivity contribution in [1.29, 1.82) is 0 Å². The third kappa shape index (κ3) is 4.87. The molecule has 0 aliphatic carbocycles. The molecule has 1 aromatic rings. The maximum Gasteiger partial charge on any atom is 0.316 e. The van der Waals surface area contributed by atoms with Crippen molar-refractivity contribution in [3.05, 3.63) is 29.8 Å². The molecule has 0 bridgehead atoms. The van der Waals surface area contributed by atoms with Gasteiger partial charge in [0.05, 0.1) is 0 Å². The van der Waals surface area contributed by atoms with E-state index in [-0.39, 0.29) is 0 Å². The lowest BCUT2D eigenvalue weighted by Gasteiger charge is -2.16. The first-order valence-corrected chi connectivity index (χ1v) is 5.89. The lowest BCUT2D eigenvalue weighted by Crippen LogP contribution is -2.23. The fourth-order valence-corrected chi connectivity index (χ4v) is 1.53. The van der Waals surface area contributed by atoms with Crippen LogP contribution in [0.4, 0.5) is 10.5 Å². The third-order valence-electron chi connectivity index (χ3n) is 2.51.